The lowest BCUT2D eigenvalue weighted by atomic mass is 9.88. The molecule has 1 aliphatic carbocycles. The maximum absolute atomic E-state index is 10.7. The Kier molecular flexibility index (Phi) is 1.83. The molecule has 1 heterocycles. The zero-order valence-corrected chi connectivity index (χ0v) is 7.41. The summed E-state index contributed by atoms with van der Waals surface area (Å²) in [5.41, 5.74) is 1.63. The first-order valence-electron chi connectivity index (χ1n) is 4.39. The molecule has 0 bridgehead atoms. The van der Waals surface area contributed by atoms with Gasteiger partial charge in [0.15, 0.2) is 0 Å². The molecule has 13 heavy (non-hydrogen) atoms. The number of carbonyl (C=O) groups is 1. The third kappa shape index (κ3) is 1.32. The lowest BCUT2D eigenvalue weighted by Gasteiger charge is -2.15. The van der Waals surface area contributed by atoms with E-state index in [0.717, 1.165) is 30.5 Å². The van der Waals surface area contributed by atoms with Crippen molar-refractivity contribution >= 4 is 5.97 Å². The van der Waals surface area contributed by atoms with Gasteiger partial charge in [-0.25, -0.2) is 4.79 Å². The Morgan fingerprint density at radius 1 is 1.69 bits per heavy atom. The fourth-order valence-electron chi connectivity index (χ4n) is 1.75. The maximum Gasteiger partial charge on any atom is 0.375 e. The second kappa shape index (κ2) is 2.87. The molecule has 0 unspecified atom stereocenters. The van der Waals surface area contributed by atoms with Crippen LogP contribution in [0.3, 0.4) is 0 Å². The summed E-state index contributed by atoms with van der Waals surface area (Å²) < 4.78 is 4.78. The largest absolute Gasteiger partial charge is 0.475 e. The van der Waals surface area contributed by atoms with Gasteiger partial charge in [0, 0.05) is 5.56 Å². The Morgan fingerprint density at radius 3 is 3.15 bits per heavy atom. The van der Waals surface area contributed by atoms with Gasteiger partial charge in [-0.15, -0.1) is 0 Å². The van der Waals surface area contributed by atoms with E-state index in [-0.39, 0.29) is 5.76 Å². The number of carboxylic acids is 1. The molecule has 1 N–H and O–H groups in total. The molecule has 0 fully saturated rings. The SMILES string of the molecule is C[C@@H]1CCc2noc(C(=O)O)c2C1. The number of fused-ring (bicyclic) bond motifs is 1. The second-order valence-electron chi connectivity index (χ2n) is 3.59. The molecule has 0 aliphatic heterocycles. The molecular weight excluding hydrogens is 170 g/mol. The maximum atomic E-state index is 10.7. The molecule has 0 radical (unpaired) electrons. The van der Waals surface area contributed by atoms with Crippen molar-refractivity contribution in [3.05, 3.63) is 17.0 Å². The highest BCUT2D eigenvalue weighted by molar-refractivity contribution is 5.86. The van der Waals surface area contributed by atoms with Gasteiger partial charge >= 0.3 is 5.97 Å². The number of hydrogen-bond acceptors (Lipinski definition) is 3. The standard InChI is InChI=1S/C9H11NO3/c1-5-2-3-7-6(4-5)8(9(11)12)13-10-7/h5H,2-4H2,1H3,(H,11,12)/t5-/m1/s1. The normalized spacial score (nSPS) is 21.2. The first-order chi connectivity index (χ1) is 6.18. The van der Waals surface area contributed by atoms with E-state index in [0.29, 0.717) is 5.92 Å². The van der Waals surface area contributed by atoms with Gasteiger partial charge in [-0.3, -0.25) is 0 Å². The van der Waals surface area contributed by atoms with Crippen LogP contribution in [0.15, 0.2) is 4.52 Å². The minimum absolute atomic E-state index is 0.0292. The first-order valence-corrected chi connectivity index (χ1v) is 4.39. The van der Waals surface area contributed by atoms with E-state index in [1.165, 1.54) is 0 Å². The van der Waals surface area contributed by atoms with E-state index in [1.54, 1.807) is 0 Å². The van der Waals surface area contributed by atoms with Crippen LogP contribution in [-0.2, 0) is 12.8 Å². The van der Waals surface area contributed by atoms with E-state index in [4.69, 9.17) is 9.63 Å². The van der Waals surface area contributed by atoms with Crippen LogP contribution >= 0.6 is 0 Å². The van der Waals surface area contributed by atoms with E-state index < -0.39 is 5.97 Å². The average Bonchev–Trinajstić information content (AvgIpc) is 2.46. The number of nitrogens with zero attached hydrogens (tertiary/aromatic N) is 1. The minimum Gasteiger partial charge on any atom is -0.475 e. The molecule has 2 rings (SSSR count). The summed E-state index contributed by atoms with van der Waals surface area (Å²) in [6.45, 7) is 2.11. The summed E-state index contributed by atoms with van der Waals surface area (Å²) in [5.74, 6) is -0.450. The number of aromatic carboxylic acids is 1. The van der Waals surface area contributed by atoms with Crippen LogP contribution < -0.4 is 0 Å². The van der Waals surface area contributed by atoms with Gasteiger partial charge in [-0.05, 0) is 25.2 Å². The van der Waals surface area contributed by atoms with Crippen LogP contribution in [0.2, 0.25) is 0 Å². The zero-order chi connectivity index (χ0) is 9.42. The van der Waals surface area contributed by atoms with Crippen molar-refractivity contribution < 1.29 is 14.4 Å². The number of hydrogen-bond donors (Lipinski definition) is 1. The van der Waals surface area contributed by atoms with Crippen molar-refractivity contribution in [2.24, 2.45) is 5.92 Å². The van der Waals surface area contributed by atoms with Crippen molar-refractivity contribution in [2.75, 3.05) is 0 Å². The van der Waals surface area contributed by atoms with E-state index in [9.17, 15) is 4.79 Å². The number of carboxylic acid groups (broad SMARTS) is 1. The van der Waals surface area contributed by atoms with Crippen LogP contribution in [-0.4, -0.2) is 16.2 Å². The molecule has 4 heteroatoms. The number of aromatic nitrogens is 1. The Bertz CT molecular complexity index is 343. The number of rotatable bonds is 1. The van der Waals surface area contributed by atoms with Crippen molar-refractivity contribution in [3.63, 3.8) is 0 Å². The summed E-state index contributed by atoms with van der Waals surface area (Å²) in [4.78, 5) is 10.7. The summed E-state index contributed by atoms with van der Waals surface area (Å²) in [7, 11) is 0. The Hall–Kier alpha value is -1.32. The van der Waals surface area contributed by atoms with Gasteiger partial charge < -0.3 is 9.63 Å². The third-order valence-electron chi connectivity index (χ3n) is 2.49. The molecule has 1 aromatic rings. The van der Waals surface area contributed by atoms with Crippen molar-refractivity contribution in [1.82, 2.24) is 5.16 Å². The summed E-state index contributed by atoms with van der Waals surface area (Å²) >= 11 is 0. The fourth-order valence-corrected chi connectivity index (χ4v) is 1.75. The third-order valence-corrected chi connectivity index (χ3v) is 2.49. The van der Waals surface area contributed by atoms with Gasteiger partial charge in [0.2, 0.25) is 5.76 Å². The zero-order valence-electron chi connectivity index (χ0n) is 7.41. The minimum atomic E-state index is -1.01. The van der Waals surface area contributed by atoms with Crippen LogP contribution in [0, 0.1) is 5.92 Å². The summed E-state index contributed by atoms with van der Waals surface area (Å²) in [6, 6.07) is 0. The van der Waals surface area contributed by atoms with Gasteiger partial charge in [0.1, 0.15) is 0 Å². The molecule has 4 nitrogen and oxygen atoms in total. The summed E-state index contributed by atoms with van der Waals surface area (Å²) in [6.07, 6.45) is 2.69. The monoisotopic (exact) mass is 181 g/mol. The molecular formula is C9H11NO3. The number of aryl methyl sites for hydroxylation is 1. The van der Waals surface area contributed by atoms with E-state index in [1.807, 2.05) is 0 Å². The quantitative estimate of drug-likeness (QED) is 0.713. The molecule has 70 valence electrons. The van der Waals surface area contributed by atoms with E-state index >= 15 is 0 Å². The predicted molar refractivity (Wildman–Crippen MR) is 44.7 cm³/mol. The van der Waals surface area contributed by atoms with Crippen LogP contribution in [0.25, 0.3) is 0 Å². The molecule has 0 saturated carbocycles. The highest BCUT2D eigenvalue weighted by Gasteiger charge is 2.26. The van der Waals surface area contributed by atoms with Gasteiger partial charge in [-0.1, -0.05) is 12.1 Å². The molecule has 1 aromatic heterocycles. The Labute approximate surface area is 75.5 Å². The van der Waals surface area contributed by atoms with Crippen molar-refractivity contribution in [3.8, 4) is 0 Å². The lowest BCUT2D eigenvalue weighted by molar-refractivity contribution is 0.0650. The first kappa shape index (κ1) is 8.29. The predicted octanol–water partition coefficient (Wildman–Crippen LogP) is 1.50. The molecule has 0 amide bonds. The van der Waals surface area contributed by atoms with Crippen molar-refractivity contribution in [2.45, 2.75) is 26.2 Å². The van der Waals surface area contributed by atoms with Gasteiger partial charge in [0.25, 0.3) is 0 Å². The van der Waals surface area contributed by atoms with Gasteiger partial charge in [-0.2, -0.15) is 0 Å². The van der Waals surface area contributed by atoms with Crippen molar-refractivity contribution in [1.29, 1.82) is 0 Å². The summed E-state index contributed by atoms with van der Waals surface area (Å²) in [5, 5.41) is 12.5. The highest BCUT2D eigenvalue weighted by atomic mass is 16.5. The Balaban J connectivity index is 2.41. The van der Waals surface area contributed by atoms with Crippen LogP contribution in [0.4, 0.5) is 0 Å². The molecule has 0 spiro atoms. The van der Waals surface area contributed by atoms with Gasteiger partial charge in [0.05, 0.1) is 5.69 Å². The molecule has 1 atom stereocenters. The molecule has 1 aliphatic rings. The van der Waals surface area contributed by atoms with Crippen LogP contribution in [0.5, 0.6) is 0 Å². The fraction of sp³-hybridized carbons (Fsp3) is 0.556. The molecule has 0 saturated heterocycles. The Morgan fingerprint density at radius 2 is 2.46 bits per heavy atom. The second-order valence-corrected chi connectivity index (χ2v) is 3.59. The lowest BCUT2D eigenvalue weighted by Crippen LogP contribution is -2.12. The molecule has 0 aromatic carbocycles. The topological polar surface area (TPSA) is 63.3 Å². The smallest absolute Gasteiger partial charge is 0.375 e. The average molecular weight is 181 g/mol. The van der Waals surface area contributed by atoms with Crippen LogP contribution in [0.1, 0.15) is 35.2 Å². The highest BCUT2D eigenvalue weighted by Crippen LogP contribution is 2.27. The van der Waals surface area contributed by atoms with E-state index in [2.05, 4.69) is 12.1 Å².